The summed E-state index contributed by atoms with van der Waals surface area (Å²) < 4.78 is 15.0. The highest BCUT2D eigenvalue weighted by molar-refractivity contribution is 6.06. The van der Waals surface area contributed by atoms with Crippen molar-refractivity contribution < 1.29 is 28.9 Å². The van der Waals surface area contributed by atoms with Crippen LogP contribution in [0.25, 0.3) is 0 Å². The number of rotatable bonds is 5. The van der Waals surface area contributed by atoms with E-state index in [4.69, 9.17) is 19.9 Å². The SMILES string of the molecule is COC(=O)C1=C(C(=O)OC)N(c2ccc(OC)cc2O)C(N)=C(C#N)C1c1ccccc1. The zero-order valence-electron chi connectivity index (χ0n) is 17.7. The third-order valence-electron chi connectivity index (χ3n) is 5.03. The topological polar surface area (TPSA) is 135 Å². The Hall–Kier alpha value is -4.45. The van der Waals surface area contributed by atoms with Gasteiger partial charge in [-0.05, 0) is 17.7 Å². The standard InChI is InChI=1S/C23H21N3O6/c1-30-14-9-10-16(17(27)11-14)26-20(23(29)32-3)19(22(28)31-2)18(15(12-24)21(26)25)13-7-5-4-6-8-13/h4-11,18,27H,25H2,1-3H3. The molecule has 0 fully saturated rings. The number of ether oxygens (including phenoxy) is 3. The Balaban J connectivity index is 2.41. The van der Waals surface area contributed by atoms with Gasteiger partial charge in [-0.1, -0.05) is 30.3 Å². The summed E-state index contributed by atoms with van der Waals surface area (Å²) in [4.78, 5) is 27.0. The first-order valence-corrected chi connectivity index (χ1v) is 9.42. The Morgan fingerprint density at radius 2 is 1.72 bits per heavy atom. The third-order valence-corrected chi connectivity index (χ3v) is 5.03. The normalized spacial score (nSPS) is 15.8. The van der Waals surface area contributed by atoms with E-state index in [0.29, 0.717) is 11.3 Å². The molecule has 1 atom stereocenters. The summed E-state index contributed by atoms with van der Waals surface area (Å²) in [6, 6.07) is 15.0. The van der Waals surface area contributed by atoms with Crippen LogP contribution < -0.4 is 15.4 Å². The molecule has 164 valence electrons. The third kappa shape index (κ3) is 3.70. The van der Waals surface area contributed by atoms with Crippen LogP contribution in [-0.2, 0) is 19.1 Å². The van der Waals surface area contributed by atoms with Crippen LogP contribution in [0, 0.1) is 11.3 Å². The van der Waals surface area contributed by atoms with Gasteiger partial charge in [0.1, 0.15) is 23.0 Å². The molecule has 0 amide bonds. The number of allylic oxidation sites excluding steroid dienone is 1. The fourth-order valence-corrected chi connectivity index (χ4v) is 3.58. The number of aromatic hydroxyl groups is 1. The zero-order valence-corrected chi connectivity index (χ0v) is 17.7. The lowest BCUT2D eigenvalue weighted by Crippen LogP contribution is -2.40. The number of nitriles is 1. The van der Waals surface area contributed by atoms with Gasteiger partial charge in [-0.2, -0.15) is 5.26 Å². The Morgan fingerprint density at radius 1 is 1.06 bits per heavy atom. The van der Waals surface area contributed by atoms with E-state index in [1.807, 2.05) is 6.07 Å². The molecule has 2 aromatic rings. The maximum absolute atomic E-state index is 12.9. The number of carbonyl (C=O) groups is 2. The lowest BCUT2D eigenvalue weighted by molar-refractivity contribution is -0.139. The lowest BCUT2D eigenvalue weighted by atomic mass is 9.81. The van der Waals surface area contributed by atoms with Crippen molar-refractivity contribution in [3.63, 3.8) is 0 Å². The number of hydrogen-bond acceptors (Lipinski definition) is 9. The predicted molar refractivity (Wildman–Crippen MR) is 114 cm³/mol. The van der Waals surface area contributed by atoms with Gasteiger partial charge in [0.05, 0.1) is 50.2 Å². The molecule has 0 saturated heterocycles. The second-order valence-electron chi connectivity index (χ2n) is 6.69. The molecule has 1 unspecified atom stereocenters. The van der Waals surface area contributed by atoms with Crippen LogP contribution in [0.2, 0.25) is 0 Å². The molecular weight excluding hydrogens is 414 g/mol. The van der Waals surface area contributed by atoms with Crippen LogP contribution >= 0.6 is 0 Å². The molecule has 2 aromatic carbocycles. The van der Waals surface area contributed by atoms with E-state index in [9.17, 15) is 20.0 Å². The van der Waals surface area contributed by atoms with Crippen LogP contribution in [0.1, 0.15) is 11.5 Å². The number of hydrogen-bond donors (Lipinski definition) is 2. The molecule has 32 heavy (non-hydrogen) atoms. The molecule has 0 bridgehead atoms. The van der Waals surface area contributed by atoms with E-state index < -0.39 is 17.9 Å². The van der Waals surface area contributed by atoms with Crippen molar-refractivity contribution in [2.45, 2.75) is 5.92 Å². The monoisotopic (exact) mass is 435 g/mol. The number of methoxy groups -OCH3 is 3. The highest BCUT2D eigenvalue weighted by Gasteiger charge is 2.43. The fourth-order valence-electron chi connectivity index (χ4n) is 3.58. The average molecular weight is 435 g/mol. The molecule has 9 nitrogen and oxygen atoms in total. The first-order chi connectivity index (χ1) is 15.4. The Bertz CT molecular complexity index is 1160. The average Bonchev–Trinajstić information content (AvgIpc) is 2.82. The van der Waals surface area contributed by atoms with Crippen molar-refractivity contribution in [3.8, 4) is 17.6 Å². The van der Waals surface area contributed by atoms with E-state index in [1.54, 1.807) is 30.3 Å². The van der Waals surface area contributed by atoms with Gasteiger partial charge in [-0.25, -0.2) is 9.59 Å². The van der Waals surface area contributed by atoms with Crippen molar-refractivity contribution in [2.75, 3.05) is 26.2 Å². The number of anilines is 1. The molecule has 9 heteroatoms. The number of carbonyl (C=O) groups excluding carboxylic acids is 2. The number of phenolic OH excluding ortho intramolecular Hbond substituents is 1. The molecule has 0 radical (unpaired) electrons. The summed E-state index contributed by atoms with van der Waals surface area (Å²) in [6.45, 7) is 0. The minimum absolute atomic E-state index is 0.000490. The number of nitrogens with two attached hydrogens (primary N) is 1. The lowest BCUT2D eigenvalue weighted by Gasteiger charge is -2.36. The summed E-state index contributed by atoms with van der Waals surface area (Å²) in [6.07, 6.45) is 0. The van der Waals surface area contributed by atoms with Gasteiger partial charge in [0.15, 0.2) is 0 Å². The largest absolute Gasteiger partial charge is 0.506 e. The smallest absolute Gasteiger partial charge is 0.355 e. The van der Waals surface area contributed by atoms with Crippen LogP contribution in [0.4, 0.5) is 5.69 Å². The van der Waals surface area contributed by atoms with Gasteiger partial charge in [0.25, 0.3) is 0 Å². The minimum atomic E-state index is -0.987. The van der Waals surface area contributed by atoms with Crippen LogP contribution in [0.5, 0.6) is 11.5 Å². The summed E-state index contributed by atoms with van der Waals surface area (Å²) in [7, 11) is 3.74. The molecule has 3 rings (SSSR count). The van der Waals surface area contributed by atoms with E-state index in [1.165, 1.54) is 25.3 Å². The molecule has 0 aromatic heterocycles. The van der Waals surface area contributed by atoms with Crippen molar-refractivity contribution in [3.05, 3.63) is 76.8 Å². The summed E-state index contributed by atoms with van der Waals surface area (Å²) in [5, 5.41) is 20.6. The summed E-state index contributed by atoms with van der Waals surface area (Å²) in [5.74, 6) is -2.83. The maximum Gasteiger partial charge on any atom is 0.355 e. The molecule has 1 aliphatic heterocycles. The molecule has 3 N–H and O–H groups in total. The van der Waals surface area contributed by atoms with E-state index in [2.05, 4.69) is 0 Å². The minimum Gasteiger partial charge on any atom is -0.506 e. The molecule has 1 aliphatic rings. The van der Waals surface area contributed by atoms with Crippen molar-refractivity contribution in [1.29, 1.82) is 5.26 Å². The van der Waals surface area contributed by atoms with Gasteiger partial charge < -0.3 is 25.1 Å². The van der Waals surface area contributed by atoms with Gasteiger partial charge in [0.2, 0.25) is 0 Å². The molecular formula is C23H21N3O6. The van der Waals surface area contributed by atoms with Crippen molar-refractivity contribution >= 4 is 17.6 Å². The quantitative estimate of drug-likeness (QED) is 0.678. The Morgan fingerprint density at radius 3 is 2.25 bits per heavy atom. The predicted octanol–water partition coefficient (Wildman–Crippen LogP) is 2.30. The number of phenols is 1. The van der Waals surface area contributed by atoms with E-state index in [-0.39, 0.29) is 34.1 Å². The summed E-state index contributed by atoms with van der Waals surface area (Å²) in [5.41, 5.74) is 6.54. The van der Waals surface area contributed by atoms with Crippen LogP contribution in [0.3, 0.4) is 0 Å². The first-order valence-electron chi connectivity index (χ1n) is 9.42. The number of esters is 2. The molecule has 0 spiro atoms. The Labute approximate surface area is 184 Å². The van der Waals surface area contributed by atoms with Crippen LogP contribution in [-0.4, -0.2) is 38.4 Å². The molecule has 1 heterocycles. The number of nitrogens with zero attached hydrogens (tertiary/aromatic N) is 2. The van der Waals surface area contributed by atoms with Crippen molar-refractivity contribution in [1.82, 2.24) is 0 Å². The number of benzene rings is 2. The van der Waals surface area contributed by atoms with Gasteiger partial charge >= 0.3 is 11.9 Å². The second-order valence-corrected chi connectivity index (χ2v) is 6.69. The van der Waals surface area contributed by atoms with Crippen LogP contribution in [0.15, 0.2) is 71.2 Å². The summed E-state index contributed by atoms with van der Waals surface area (Å²) >= 11 is 0. The first kappa shape index (κ1) is 22.2. The van der Waals surface area contributed by atoms with Crippen molar-refractivity contribution in [2.24, 2.45) is 5.73 Å². The highest BCUT2D eigenvalue weighted by atomic mass is 16.5. The maximum atomic E-state index is 12.9. The Kier molecular flexibility index (Phi) is 6.35. The van der Waals surface area contributed by atoms with E-state index >= 15 is 0 Å². The van der Waals surface area contributed by atoms with E-state index in [0.717, 1.165) is 19.1 Å². The zero-order chi connectivity index (χ0) is 23.4. The molecule has 0 aliphatic carbocycles. The van der Waals surface area contributed by atoms with Gasteiger partial charge in [0, 0.05) is 6.07 Å². The second kappa shape index (κ2) is 9.14. The highest BCUT2D eigenvalue weighted by Crippen LogP contribution is 2.45. The van der Waals surface area contributed by atoms with Gasteiger partial charge in [-0.15, -0.1) is 0 Å². The fraction of sp³-hybridized carbons (Fsp3) is 0.174. The molecule has 0 saturated carbocycles. The van der Waals surface area contributed by atoms with Gasteiger partial charge in [-0.3, -0.25) is 4.90 Å².